The summed E-state index contributed by atoms with van der Waals surface area (Å²) in [5, 5.41) is 15.1. The van der Waals surface area contributed by atoms with Gasteiger partial charge in [0.25, 0.3) is 11.8 Å². The molecule has 2 heterocycles. The quantitative estimate of drug-likeness (QED) is 0.173. The molecule has 0 aliphatic carbocycles. The summed E-state index contributed by atoms with van der Waals surface area (Å²) in [6, 6.07) is 9.38. The Labute approximate surface area is 294 Å². The molecular weight excluding hydrogens is 664 g/mol. The number of aliphatic hydroxyl groups is 1. The normalized spacial score (nSPS) is 14.7. The van der Waals surface area contributed by atoms with E-state index >= 15 is 0 Å². The Morgan fingerprint density at radius 1 is 1.02 bits per heavy atom. The molecule has 15 heteroatoms. The second kappa shape index (κ2) is 16.6. The molecule has 0 saturated heterocycles. The van der Waals surface area contributed by atoms with Crippen LogP contribution in [0.15, 0.2) is 66.9 Å². The Morgan fingerprint density at radius 3 is 2.31 bits per heavy atom. The zero-order valence-electron chi connectivity index (χ0n) is 28.9. The van der Waals surface area contributed by atoms with Crippen LogP contribution in [-0.2, 0) is 30.5 Å². The standard InChI is InChI=1S/C36H43F2N7O6/c1-22(34(50)40-15-17-44-29(47)12-13-30(44)48)41-35(51)27(39)14-16-45(31(49)21-46)32(36(2,3)4)33-42-28(25-18-24(37)10-11-26(25)38)20-43(33)19-23-8-6-5-7-9-23/h5-13,18,20,22,27,32,46H,14-17,19,21,39H2,1-4H3,(H,40,50)(H,41,51). The summed E-state index contributed by atoms with van der Waals surface area (Å²) in [6.45, 7) is 6.26. The molecule has 0 bridgehead atoms. The third kappa shape index (κ3) is 9.70. The summed E-state index contributed by atoms with van der Waals surface area (Å²) < 4.78 is 31.0. The lowest BCUT2D eigenvalue weighted by Gasteiger charge is -2.40. The Kier molecular flexibility index (Phi) is 12.6. The molecule has 2 aromatic carbocycles. The van der Waals surface area contributed by atoms with Crippen molar-refractivity contribution < 1.29 is 37.9 Å². The van der Waals surface area contributed by atoms with E-state index in [0.717, 1.165) is 40.8 Å². The topological polar surface area (TPSA) is 180 Å². The van der Waals surface area contributed by atoms with Crippen LogP contribution < -0.4 is 16.4 Å². The highest BCUT2D eigenvalue weighted by molar-refractivity contribution is 6.12. The molecule has 3 unspecified atom stereocenters. The van der Waals surface area contributed by atoms with Crippen molar-refractivity contribution in [3.8, 4) is 11.3 Å². The SMILES string of the molecule is CC(NC(=O)C(N)CCN(C(=O)CO)C(c1nc(-c2cc(F)ccc2F)cn1Cc1ccccc1)C(C)(C)C)C(=O)NCCN1C(=O)C=CC1=O. The Hall–Kier alpha value is -5.28. The van der Waals surface area contributed by atoms with Crippen molar-refractivity contribution in [3.05, 3.63) is 89.9 Å². The van der Waals surface area contributed by atoms with E-state index in [1.54, 1.807) is 10.8 Å². The number of carbonyl (C=O) groups is 5. The molecule has 13 nitrogen and oxygen atoms in total. The zero-order chi connectivity index (χ0) is 37.5. The van der Waals surface area contributed by atoms with E-state index < -0.39 is 71.3 Å². The zero-order valence-corrected chi connectivity index (χ0v) is 28.9. The summed E-state index contributed by atoms with van der Waals surface area (Å²) in [7, 11) is 0. The summed E-state index contributed by atoms with van der Waals surface area (Å²) >= 11 is 0. The Bertz CT molecular complexity index is 1770. The van der Waals surface area contributed by atoms with Gasteiger partial charge in [-0.3, -0.25) is 28.9 Å². The van der Waals surface area contributed by atoms with Crippen LogP contribution in [0.3, 0.4) is 0 Å². The van der Waals surface area contributed by atoms with E-state index in [2.05, 4.69) is 10.6 Å². The minimum absolute atomic E-state index is 0.0235. The van der Waals surface area contributed by atoms with Crippen molar-refractivity contribution in [1.29, 1.82) is 0 Å². The number of halogens is 2. The largest absolute Gasteiger partial charge is 0.387 e. The van der Waals surface area contributed by atoms with Crippen LogP contribution in [0.2, 0.25) is 0 Å². The number of nitrogens with zero attached hydrogens (tertiary/aromatic N) is 4. The fraction of sp³-hybridized carbons (Fsp3) is 0.389. The van der Waals surface area contributed by atoms with Gasteiger partial charge in [-0.2, -0.15) is 0 Å². The number of nitrogens with two attached hydrogens (primary N) is 1. The molecule has 0 saturated carbocycles. The lowest BCUT2D eigenvalue weighted by atomic mass is 9.84. The van der Waals surface area contributed by atoms with E-state index in [1.807, 2.05) is 51.1 Å². The number of hydrogen-bond donors (Lipinski definition) is 4. The van der Waals surface area contributed by atoms with Crippen LogP contribution >= 0.6 is 0 Å². The van der Waals surface area contributed by atoms with Crippen LogP contribution in [0.1, 0.15) is 51.5 Å². The van der Waals surface area contributed by atoms with Crippen molar-refractivity contribution in [2.75, 3.05) is 26.2 Å². The number of carbonyl (C=O) groups excluding carboxylic acids is 5. The Balaban J connectivity index is 1.53. The van der Waals surface area contributed by atoms with Crippen LogP contribution in [0.25, 0.3) is 11.3 Å². The van der Waals surface area contributed by atoms with Crippen molar-refractivity contribution in [2.24, 2.45) is 11.1 Å². The number of nitrogens with one attached hydrogen (secondary N) is 2. The van der Waals surface area contributed by atoms with Gasteiger partial charge < -0.3 is 30.9 Å². The van der Waals surface area contributed by atoms with E-state index in [-0.39, 0.29) is 43.9 Å². The molecule has 5 N–H and O–H groups in total. The number of benzene rings is 2. The minimum Gasteiger partial charge on any atom is -0.387 e. The first-order chi connectivity index (χ1) is 24.1. The summed E-state index contributed by atoms with van der Waals surface area (Å²) in [6.07, 6.45) is 3.79. The second-order valence-electron chi connectivity index (χ2n) is 13.3. The number of rotatable bonds is 15. The number of amides is 5. The van der Waals surface area contributed by atoms with Crippen molar-refractivity contribution >= 4 is 29.5 Å². The van der Waals surface area contributed by atoms with E-state index in [1.165, 1.54) is 11.8 Å². The maximum absolute atomic E-state index is 15.0. The summed E-state index contributed by atoms with van der Waals surface area (Å²) in [5.74, 6) is -3.88. The van der Waals surface area contributed by atoms with E-state index in [0.29, 0.717) is 5.82 Å². The minimum atomic E-state index is -1.18. The van der Waals surface area contributed by atoms with Crippen LogP contribution in [-0.4, -0.2) is 92.3 Å². The molecule has 0 radical (unpaired) electrons. The molecule has 4 rings (SSSR count). The predicted octanol–water partition coefficient (Wildman–Crippen LogP) is 2.05. The van der Waals surface area contributed by atoms with Gasteiger partial charge in [-0.15, -0.1) is 0 Å². The van der Waals surface area contributed by atoms with Gasteiger partial charge in [0.05, 0.1) is 17.8 Å². The van der Waals surface area contributed by atoms with Crippen molar-refractivity contribution in [3.63, 3.8) is 0 Å². The van der Waals surface area contributed by atoms with Gasteiger partial charge in [0.1, 0.15) is 30.1 Å². The average molecular weight is 708 g/mol. The van der Waals surface area contributed by atoms with Gasteiger partial charge in [-0.05, 0) is 42.5 Å². The number of imide groups is 1. The molecule has 272 valence electrons. The molecule has 3 aromatic rings. The monoisotopic (exact) mass is 707 g/mol. The Morgan fingerprint density at radius 2 is 1.69 bits per heavy atom. The molecule has 0 fully saturated rings. The first-order valence-corrected chi connectivity index (χ1v) is 16.4. The highest BCUT2D eigenvalue weighted by Crippen LogP contribution is 2.39. The van der Waals surface area contributed by atoms with Gasteiger partial charge in [0.15, 0.2) is 0 Å². The van der Waals surface area contributed by atoms with Crippen molar-refractivity contribution in [1.82, 2.24) is 30.0 Å². The molecule has 5 amide bonds. The van der Waals surface area contributed by atoms with Gasteiger partial charge in [-0.25, -0.2) is 13.8 Å². The third-order valence-corrected chi connectivity index (χ3v) is 8.34. The second-order valence-corrected chi connectivity index (χ2v) is 13.3. The number of imidazole rings is 1. The highest BCUT2D eigenvalue weighted by atomic mass is 19.1. The first kappa shape index (κ1) is 38.5. The predicted molar refractivity (Wildman–Crippen MR) is 183 cm³/mol. The molecule has 3 atom stereocenters. The lowest BCUT2D eigenvalue weighted by Crippen LogP contribution is -2.52. The third-order valence-electron chi connectivity index (χ3n) is 8.34. The summed E-state index contributed by atoms with van der Waals surface area (Å²) in [4.78, 5) is 69.5. The first-order valence-electron chi connectivity index (χ1n) is 16.4. The molecule has 0 spiro atoms. The maximum atomic E-state index is 15.0. The van der Waals surface area contributed by atoms with Gasteiger partial charge in [0, 0.05) is 50.1 Å². The van der Waals surface area contributed by atoms with Crippen molar-refractivity contribution in [2.45, 2.75) is 58.8 Å². The van der Waals surface area contributed by atoms with Gasteiger partial charge >= 0.3 is 0 Å². The van der Waals surface area contributed by atoms with Gasteiger partial charge in [0.2, 0.25) is 17.7 Å². The molecule has 1 aromatic heterocycles. The smallest absolute Gasteiger partial charge is 0.253 e. The maximum Gasteiger partial charge on any atom is 0.253 e. The molecule has 51 heavy (non-hydrogen) atoms. The van der Waals surface area contributed by atoms with Gasteiger partial charge in [-0.1, -0.05) is 51.1 Å². The summed E-state index contributed by atoms with van der Waals surface area (Å²) in [5.41, 5.74) is 6.45. The number of aliphatic hydroxyl groups excluding tert-OH is 1. The number of aromatic nitrogens is 2. The lowest BCUT2D eigenvalue weighted by molar-refractivity contribution is -0.140. The fourth-order valence-corrected chi connectivity index (χ4v) is 5.75. The molecule has 1 aliphatic rings. The highest BCUT2D eigenvalue weighted by Gasteiger charge is 2.39. The van der Waals surface area contributed by atoms with E-state index in [4.69, 9.17) is 10.7 Å². The number of hydrogen-bond acceptors (Lipinski definition) is 8. The van der Waals surface area contributed by atoms with Crippen LogP contribution in [0, 0.1) is 17.0 Å². The molecule has 1 aliphatic heterocycles. The van der Waals surface area contributed by atoms with E-state index in [9.17, 15) is 37.9 Å². The molecular formula is C36H43F2N7O6. The fourth-order valence-electron chi connectivity index (χ4n) is 5.75. The van der Waals surface area contributed by atoms with Crippen LogP contribution in [0.4, 0.5) is 8.78 Å². The van der Waals surface area contributed by atoms with Crippen LogP contribution in [0.5, 0.6) is 0 Å². The average Bonchev–Trinajstić information content (AvgIpc) is 3.64.